The Labute approximate surface area is 466 Å². The Balaban J connectivity index is 0.963. The van der Waals surface area contributed by atoms with Crippen molar-refractivity contribution >= 4 is 154 Å². The van der Waals surface area contributed by atoms with Gasteiger partial charge in [-0.1, -0.05) is 285 Å². The lowest BCUT2D eigenvalue weighted by Gasteiger charge is -2.36. The molecule has 2 aromatic rings. The van der Waals surface area contributed by atoms with Crippen molar-refractivity contribution in [3.8, 4) is 0 Å². The highest BCUT2D eigenvalue weighted by Crippen LogP contribution is 2.76. The second kappa shape index (κ2) is 28.6. The monoisotopic (exact) mass is 1170 g/mol. The van der Waals surface area contributed by atoms with Gasteiger partial charge in [0.2, 0.25) is 0 Å². The predicted octanol–water partition coefficient (Wildman–Crippen LogP) is 23.1. The van der Waals surface area contributed by atoms with Crippen LogP contribution in [0.1, 0.15) is 172 Å². The number of benzene rings is 2. The summed E-state index contributed by atoms with van der Waals surface area (Å²) in [6.07, 6.45) is 19.4. The fraction of sp³-hybridized carbons (Fsp3) is 0.547. The molecule has 1 aliphatic carbocycles. The van der Waals surface area contributed by atoms with Gasteiger partial charge in [0.15, 0.2) is 0 Å². The summed E-state index contributed by atoms with van der Waals surface area (Å²) < 4.78 is 45.4. The van der Waals surface area contributed by atoms with E-state index in [0.717, 1.165) is 73.6 Å². The van der Waals surface area contributed by atoms with Crippen LogP contribution < -0.4 is 0 Å². The van der Waals surface area contributed by atoms with Crippen LogP contribution in [0, 0.1) is 11.8 Å². The third-order valence-corrected chi connectivity index (χ3v) is 33.0. The van der Waals surface area contributed by atoms with Gasteiger partial charge in [-0.3, -0.25) is 4.57 Å². The summed E-state index contributed by atoms with van der Waals surface area (Å²) in [6, 6.07) is 17.4. The molecular weight excluding hydrogens is 1100 g/mol. The Kier molecular flexibility index (Phi) is 23.4. The maximum atomic E-state index is 15.8. The van der Waals surface area contributed by atoms with Gasteiger partial charge >= 0.3 is 7.60 Å². The van der Waals surface area contributed by atoms with Gasteiger partial charge in [0.05, 0.1) is 59.8 Å². The normalized spacial score (nSPS) is 20.7. The topological polar surface area (TPSA) is 35.5 Å². The molecule has 0 radical (unpaired) electrons. The molecule has 0 bridgehead atoms. The summed E-state index contributed by atoms with van der Waals surface area (Å²) in [5.74, 6) is 3.18. The molecule has 0 spiro atoms. The van der Waals surface area contributed by atoms with Crippen LogP contribution in [0.2, 0.25) is 0 Å². The number of hydrogen-bond acceptors (Lipinski definition) is 15. The van der Waals surface area contributed by atoms with E-state index in [4.69, 9.17) is 9.05 Å². The number of fused-ring (bicyclic) bond motifs is 2. The minimum atomic E-state index is -3.68. The van der Waals surface area contributed by atoms with E-state index in [9.17, 15) is 0 Å². The summed E-state index contributed by atoms with van der Waals surface area (Å²) in [5.41, 5.74) is 5.19. The van der Waals surface area contributed by atoms with Crippen molar-refractivity contribution in [1.29, 1.82) is 0 Å². The van der Waals surface area contributed by atoms with Gasteiger partial charge in [-0.25, -0.2) is 0 Å². The van der Waals surface area contributed by atoms with Crippen molar-refractivity contribution in [1.82, 2.24) is 0 Å². The zero-order valence-corrected chi connectivity index (χ0v) is 51.8. The highest BCUT2D eigenvalue weighted by Gasteiger charge is 2.46. The highest BCUT2D eigenvalue weighted by molar-refractivity contribution is 8.52. The average molecular weight is 1170 g/mol. The summed E-state index contributed by atoms with van der Waals surface area (Å²) in [6.45, 7) is 14.5. The standard InChI is InChI=1S/C53H69O3PS12/c1-7-13-17-23-31-58-44-45(59-32-24-18-14-8-2)63-48(62-44)49-66-52-53(67-49)69-51(68-52)50-64-46-47(65-50)61-43(60-46)41-37-27-19-21-29-39(37)42(40-30-22-20-28-38(40)41)57(54,55-33-35(11-5)25-15-9-3)56-34-36(12-6)26-16-10-4/h19-22,27-30,35-36,42H,7-18,23-26,31-34H2,1-6H3. The van der Waals surface area contributed by atoms with Gasteiger partial charge in [-0.05, 0) is 71.3 Å². The molecule has 2 aromatic carbocycles. The van der Waals surface area contributed by atoms with E-state index in [1.165, 1.54) is 107 Å². The average Bonchev–Trinajstić information content (AvgIpc) is 4.21. The van der Waals surface area contributed by atoms with Crippen LogP contribution in [0.25, 0.3) is 5.57 Å². The molecular formula is C53H69O3PS12. The SMILES string of the molecule is CCCCCCSC1=C(SCCCCCC)SC(=C2SC3=C(S2)SC(=C2SC4=C(S2)SC(=C2c5ccccc5C(P(=O)(OCC(CC)CCCC)OCC(CC)CCCC)c5ccccc52)S4)S3)S1. The minimum absolute atomic E-state index is 0.354. The third-order valence-electron chi connectivity index (χ3n) is 12.8. The molecule has 6 aliphatic rings. The first-order chi connectivity index (χ1) is 33.8. The van der Waals surface area contributed by atoms with E-state index in [1.54, 1.807) is 8.47 Å². The molecule has 5 aliphatic heterocycles. The Morgan fingerprint density at radius 1 is 0.464 bits per heavy atom. The summed E-state index contributed by atoms with van der Waals surface area (Å²) in [5, 5.41) is 0. The second-order valence-electron chi connectivity index (χ2n) is 17.9. The Morgan fingerprint density at radius 3 is 1.20 bits per heavy atom. The molecule has 69 heavy (non-hydrogen) atoms. The molecule has 2 unspecified atom stereocenters. The molecule has 0 saturated heterocycles. The summed E-state index contributed by atoms with van der Waals surface area (Å²) in [7, 11) is -3.68. The van der Waals surface area contributed by atoms with Gasteiger partial charge in [0, 0.05) is 5.57 Å². The lowest BCUT2D eigenvalue weighted by molar-refractivity contribution is 0.147. The Bertz CT molecular complexity index is 2230. The molecule has 5 heterocycles. The van der Waals surface area contributed by atoms with E-state index in [-0.39, 0.29) is 0 Å². The zero-order chi connectivity index (χ0) is 48.2. The fourth-order valence-corrected chi connectivity index (χ4v) is 30.4. The lowest BCUT2D eigenvalue weighted by Crippen LogP contribution is -2.20. The van der Waals surface area contributed by atoms with Gasteiger partial charge in [-0.15, -0.1) is 23.5 Å². The maximum absolute atomic E-state index is 15.8. The van der Waals surface area contributed by atoms with E-state index in [2.05, 4.69) is 137 Å². The Morgan fingerprint density at radius 2 is 0.826 bits per heavy atom. The number of hydrogen-bond donors (Lipinski definition) is 0. The van der Waals surface area contributed by atoms with Crippen molar-refractivity contribution in [3.05, 3.63) is 117 Å². The van der Waals surface area contributed by atoms with E-state index in [1.807, 2.05) is 94.1 Å². The summed E-state index contributed by atoms with van der Waals surface area (Å²) in [4.78, 5) is 0. The quantitative estimate of drug-likeness (QED) is 0.0629. The largest absolute Gasteiger partial charge is 0.342 e. The summed E-state index contributed by atoms with van der Waals surface area (Å²) >= 11 is 24.1. The number of thioether (sulfide) groups is 12. The molecule has 0 aromatic heterocycles. The molecule has 0 saturated carbocycles. The fourth-order valence-electron chi connectivity index (χ4n) is 8.65. The van der Waals surface area contributed by atoms with Gasteiger partial charge in [-0.2, -0.15) is 0 Å². The van der Waals surface area contributed by atoms with Crippen molar-refractivity contribution in [2.24, 2.45) is 11.8 Å². The third kappa shape index (κ3) is 14.4. The smallest absolute Gasteiger partial charge is 0.308 e. The van der Waals surface area contributed by atoms with E-state index < -0.39 is 13.3 Å². The minimum Gasteiger partial charge on any atom is -0.308 e. The predicted molar refractivity (Wildman–Crippen MR) is 331 cm³/mol. The van der Waals surface area contributed by atoms with Gasteiger partial charge < -0.3 is 9.05 Å². The Hall–Kier alpha value is 1.23. The van der Waals surface area contributed by atoms with E-state index >= 15 is 4.57 Å². The van der Waals surface area contributed by atoms with Crippen LogP contribution in [0.15, 0.2) is 95.1 Å². The van der Waals surface area contributed by atoms with Crippen molar-refractivity contribution in [2.45, 2.75) is 150 Å². The molecule has 3 nitrogen and oxygen atoms in total. The molecule has 376 valence electrons. The van der Waals surface area contributed by atoms with Crippen molar-refractivity contribution in [3.63, 3.8) is 0 Å². The van der Waals surface area contributed by atoms with Crippen LogP contribution in [0.4, 0.5) is 0 Å². The lowest BCUT2D eigenvalue weighted by atomic mass is 9.82. The maximum Gasteiger partial charge on any atom is 0.342 e. The molecule has 0 fully saturated rings. The molecule has 8 rings (SSSR count). The van der Waals surface area contributed by atoms with Gasteiger partial charge in [0.25, 0.3) is 0 Å². The van der Waals surface area contributed by atoms with Crippen LogP contribution in [-0.4, -0.2) is 24.7 Å². The molecule has 2 atom stereocenters. The van der Waals surface area contributed by atoms with Gasteiger partial charge in [0.1, 0.15) is 5.66 Å². The zero-order valence-electron chi connectivity index (χ0n) is 41.1. The van der Waals surface area contributed by atoms with E-state index in [0.29, 0.717) is 25.0 Å². The number of unbranched alkanes of at least 4 members (excludes halogenated alkanes) is 8. The highest BCUT2D eigenvalue weighted by atomic mass is 32.3. The molecule has 16 heteroatoms. The first kappa shape index (κ1) is 56.4. The van der Waals surface area contributed by atoms with Crippen LogP contribution >= 0.6 is 149 Å². The van der Waals surface area contributed by atoms with Crippen molar-refractivity contribution < 1.29 is 13.6 Å². The second-order valence-corrected chi connectivity index (χ2v) is 35.3. The van der Waals surface area contributed by atoms with Crippen LogP contribution in [0.3, 0.4) is 0 Å². The van der Waals surface area contributed by atoms with Crippen LogP contribution in [-0.2, 0) is 13.6 Å². The van der Waals surface area contributed by atoms with Crippen molar-refractivity contribution in [2.75, 3.05) is 24.7 Å². The molecule has 0 N–H and O–H groups in total. The first-order valence-electron chi connectivity index (χ1n) is 25.4. The van der Waals surface area contributed by atoms with Crippen LogP contribution in [0.5, 0.6) is 0 Å². The first-order valence-corrected chi connectivity index (χ1v) is 37.1. The number of rotatable bonds is 27. The molecule has 0 amide bonds.